The first-order valence-electron chi connectivity index (χ1n) is 9.75. The molecule has 154 valence electrons. The van der Waals surface area contributed by atoms with E-state index in [4.69, 9.17) is 11.6 Å². The van der Waals surface area contributed by atoms with Gasteiger partial charge in [-0.3, -0.25) is 4.99 Å². The third kappa shape index (κ3) is 8.98. The molecule has 0 aliphatic carbocycles. The summed E-state index contributed by atoms with van der Waals surface area (Å²) in [6.45, 7) is 13.4. The smallest absolute Gasteiger partial charge is 0.190 e. The van der Waals surface area contributed by atoms with Crippen molar-refractivity contribution in [3.8, 4) is 0 Å². The number of benzene rings is 1. The van der Waals surface area contributed by atoms with Crippen molar-refractivity contribution in [1.82, 2.24) is 20.4 Å². The van der Waals surface area contributed by atoms with Crippen molar-refractivity contribution >= 4 is 41.5 Å². The van der Waals surface area contributed by atoms with Crippen molar-refractivity contribution in [2.45, 2.75) is 20.3 Å². The number of likely N-dealkylation sites (N-methyl/N-ethyl adjacent to an activating group) is 1. The fourth-order valence-corrected chi connectivity index (χ4v) is 3.53. The molecule has 1 unspecified atom stereocenters. The first-order chi connectivity index (χ1) is 12.6. The Labute approximate surface area is 186 Å². The van der Waals surface area contributed by atoms with Crippen LogP contribution in [-0.4, -0.2) is 75.2 Å². The third-order valence-corrected chi connectivity index (χ3v) is 5.34. The maximum absolute atomic E-state index is 6.21. The first kappa shape index (κ1) is 24.5. The highest BCUT2D eigenvalue weighted by Crippen LogP contribution is 2.14. The van der Waals surface area contributed by atoms with Crippen LogP contribution < -0.4 is 10.6 Å². The molecule has 0 spiro atoms. The summed E-state index contributed by atoms with van der Waals surface area (Å²) in [4.78, 5) is 9.42. The fourth-order valence-electron chi connectivity index (χ4n) is 3.30. The second-order valence-corrected chi connectivity index (χ2v) is 7.47. The monoisotopic (exact) mass is 507 g/mol. The largest absolute Gasteiger partial charge is 0.356 e. The van der Waals surface area contributed by atoms with Crippen LogP contribution in [0.1, 0.15) is 19.4 Å². The standard InChI is InChI=1S/C20H34ClN5.HI/c1-4-25-11-13-26(14-12-25)16-17(2)15-24-20(22-3)23-10-9-18-7-5-6-8-19(18)21;/h5-8,17H,4,9-16H2,1-3H3,(H2,22,23,24);1H. The van der Waals surface area contributed by atoms with Gasteiger partial charge in [-0.05, 0) is 30.5 Å². The Morgan fingerprint density at radius 1 is 1.15 bits per heavy atom. The van der Waals surface area contributed by atoms with Crippen LogP contribution >= 0.6 is 35.6 Å². The van der Waals surface area contributed by atoms with E-state index < -0.39 is 0 Å². The van der Waals surface area contributed by atoms with Crippen molar-refractivity contribution in [3.05, 3.63) is 34.9 Å². The summed E-state index contributed by atoms with van der Waals surface area (Å²) in [5.41, 5.74) is 1.16. The molecule has 1 saturated heterocycles. The molecule has 1 atom stereocenters. The third-order valence-electron chi connectivity index (χ3n) is 4.97. The minimum absolute atomic E-state index is 0. The highest BCUT2D eigenvalue weighted by molar-refractivity contribution is 14.0. The summed E-state index contributed by atoms with van der Waals surface area (Å²) >= 11 is 6.21. The lowest BCUT2D eigenvalue weighted by molar-refractivity contribution is 0.124. The maximum atomic E-state index is 6.21. The zero-order valence-electron chi connectivity index (χ0n) is 16.9. The van der Waals surface area contributed by atoms with E-state index in [0.29, 0.717) is 5.92 Å². The van der Waals surface area contributed by atoms with Gasteiger partial charge in [0.05, 0.1) is 0 Å². The van der Waals surface area contributed by atoms with Crippen LogP contribution in [0.5, 0.6) is 0 Å². The maximum Gasteiger partial charge on any atom is 0.190 e. The summed E-state index contributed by atoms with van der Waals surface area (Å²) in [6, 6.07) is 7.99. The Morgan fingerprint density at radius 3 is 2.44 bits per heavy atom. The first-order valence-corrected chi connectivity index (χ1v) is 10.1. The number of rotatable bonds is 8. The quantitative estimate of drug-likeness (QED) is 0.323. The van der Waals surface area contributed by atoms with Crippen molar-refractivity contribution in [2.24, 2.45) is 10.9 Å². The Bertz CT molecular complexity index is 561. The van der Waals surface area contributed by atoms with Gasteiger partial charge in [-0.25, -0.2) is 0 Å². The lowest BCUT2D eigenvalue weighted by Crippen LogP contribution is -2.48. The van der Waals surface area contributed by atoms with Gasteiger partial charge >= 0.3 is 0 Å². The lowest BCUT2D eigenvalue weighted by Gasteiger charge is -2.35. The highest BCUT2D eigenvalue weighted by atomic mass is 127. The summed E-state index contributed by atoms with van der Waals surface area (Å²) in [5.74, 6) is 1.45. The number of halogens is 2. The fraction of sp³-hybridized carbons (Fsp3) is 0.650. The summed E-state index contributed by atoms with van der Waals surface area (Å²) in [7, 11) is 1.82. The number of nitrogens with one attached hydrogen (secondary N) is 2. The van der Waals surface area contributed by atoms with Crippen molar-refractivity contribution in [1.29, 1.82) is 0 Å². The molecule has 1 aromatic carbocycles. The Hall–Kier alpha value is -0.570. The van der Waals surface area contributed by atoms with Crippen LogP contribution in [0.25, 0.3) is 0 Å². The molecular formula is C20H35ClIN5. The van der Waals surface area contributed by atoms with Gasteiger partial charge in [-0.15, -0.1) is 24.0 Å². The van der Waals surface area contributed by atoms with E-state index in [-0.39, 0.29) is 24.0 Å². The van der Waals surface area contributed by atoms with E-state index in [0.717, 1.165) is 42.6 Å². The van der Waals surface area contributed by atoms with E-state index in [2.05, 4.69) is 45.3 Å². The van der Waals surface area contributed by atoms with Crippen LogP contribution in [0.15, 0.2) is 29.3 Å². The molecule has 1 fully saturated rings. The Kier molecular flexibility index (Phi) is 12.3. The van der Waals surface area contributed by atoms with Crippen LogP contribution in [0.2, 0.25) is 5.02 Å². The number of aliphatic imine (C=N–C) groups is 1. The second-order valence-electron chi connectivity index (χ2n) is 7.06. The normalized spacial score (nSPS) is 17.3. The van der Waals surface area contributed by atoms with Crippen molar-refractivity contribution < 1.29 is 0 Å². The molecule has 0 amide bonds. The minimum Gasteiger partial charge on any atom is -0.356 e. The zero-order valence-corrected chi connectivity index (χ0v) is 20.0. The molecule has 0 saturated carbocycles. The van der Waals surface area contributed by atoms with Gasteiger partial charge in [0.25, 0.3) is 0 Å². The molecule has 0 aromatic heterocycles. The average Bonchev–Trinajstić information content (AvgIpc) is 2.66. The van der Waals surface area contributed by atoms with E-state index in [1.54, 1.807) is 0 Å². The van der Waals surface area contributed by atoms with E-state index in [9.17, 15) is 0 Å². The molecule has 7 heteroatoms. The van der Waals surface area contributed by atoms with Crippen LogP contribution in [0.3, 0.4) is 0 Å². The summed E-state index contributed by atoms with van der Waals surface area (Å²) in [6.07, 6.45) is 0.887. The molecule has 1 aromatic rings. The van der Waals surface area contributed by atoms with Gasteiger partial charge in [0, 0.05) is 57.9 Å². The molecule has 27 heavy (non-hydrogen) atoms. The van der Waals surface area contributed by atoms with Gasteiger partial charge < -0.3 is 20.4 Å². The SMILES string of the molecule is CCN1CCN(CC(C)CNC(=NC)NCCc2ccccc2Cl)CC1.I. The zero-order chi connectivity index (χ0) is 18.8. The van der Waals surface area contributed by atoms with Crippen LogP contribution in [-0.2, 0) is 6.42 Å². The molecule has 1 heterocycles. The van der Waals surface area contributed by atoms with Gasteiger partial charge in [-0.2, -0.15) is 0 Å². The minimum atomic E-state index is 0. The lowest BCUT2D eigenvalue weighted by atomic mass is 10.1. The average molecular weight is 508 g/mol. The molecule has 0 bridgehead atoms. The molecule has 0 radical (unpaired) electrons. The van der Waals surface area contributed by atoms with Gasteiger partial charge in [0.2, 0.25) is 0 Å². The van der Waals surface area contributed by atoms with E-state index in [1.807, 2.05) is 25.2 Å². The van der Waals surface area contributed by atoms with Gasteiger partial charge in [0.15, 0.2) is 5.96 Å². The van der Waals surface area contributed by atoms with Crippen LogP contribution in [0, 0.1) is 5.92 Å². The van der Waals surface area contributed by atoms with E-state index in [1.165, 1.54) is 32.7 Å². The van der Waals surface area contributed by atoms with Crippen LogP contribution in [0.4, 0.5) is 0 Å². The molecule has 1 aliphatic rings. The van der Waals surface area contributed by atoms with Crippen molar-refractivity contribution in [2.75, 3.05) is 59.4 Å². The molecule has 2 N–H and O–H groups in total. The Balaban J connectivity index is 0.00000364. The molecule has 1 aliphatic heterocycles. The molecule has 5 nitrogen and oxygen atoms in total. The number of piperazine rings is 1. The predicted octanol–water partition coefficient (Wildman–Crippen LogP) is 2.94. The number of guanidine groups is 1. The predicted molar refractivity (Wildman–Crippen MR) is 128 cm³/mol. The Morgan fingerprint density at radius 2 is 1.81 bits per heavy atom. The molecule has 2 rings (SSSR count). The topological polar surface area (TPSA) is 42.9 Å². The van der Waals surface area contributed by atoms with Gasteiger partial charge in [0.1, 0.15) is 0 Å². The summed E-state index contributed by atoms with van der Waals surface area (Å²) in [5, 5.41) is 7.65. The van der Waals surface area contributed by atoms with Gasteiger partial charge in [-0.1, -0.05) is 43.6 Å². The summed E-state index contributed by atoms with van der Waals surface area (Å²) < 4.78 is 0. The number of nitrogens with zero attached hydrogens (tertiary/aromatic N) is 3. The number of hydrogen-bond donors (Lipinski definition) is 2. The molecular weight excluding hydrogens is 473 g/mol. The van der Waals surface area contributed by atoms with Crippen molar-refractivity contribution in [3.63, 3.8) is 0 Å². The highest BCUT2D eigenvalue weighted by Gasteiger charge is 2.17. The number of hydrogen-bond acceptors (Lipinski definition) is 3. The van der Waals surface area contributed by atoms with E-state index >= 15 is 0 Å². The second kappa shape index (κ2) is 13.6.